The molecular weight excluding hydrogens is 336 g/mol. The lowest BCUT2D eigenvalue weighted by atomic mass is 10.1. The van der Waals surface area contributed by atoms with Gasteiger partial charge in [0.15, 0.2) is 5.11 Å². The molecule has 25 heavy (non-hydrogen) atoms. The van der Waals surface area contributed by atoms with Crippen LogP contribution in [0.2, 0.25) is 0 Å². The van der Waals surface area contributed by atoms with Gasteiger partial charge in [0.05, 0.1) is 18.7 Å². The van der Waals surface area contributed by atoms with Crippen LogP contribution in [0.1, 0.15) is 11.1 Å². The van der Waals surface area contributed by atoms with E-state index in [1.165, 1.54) is 5.56 Å². The highest BCUT2D eigenvalue weighted by Gasteiger charge is 2.22. The van der Waals surface area contributed by atoms with Crippen molar-refractivity contribution in [1.29, 1.82) is 0 Å². The third-order valence-electron chi connectivity index (χ3n) is 4.31. The summed E-state index contributed by atoms with van der Waals surface area (Å²) in [5.74, 6) is 0.642. The van der Waals surface area contributed by atoms with Crippen LogP contribution in [0.25, 0.3) is 17.0 Å². The first-order chi connectivity index (χ1) is 12.1. The Hall–Kier alpha value is -2.51. The van der Waals surface area contributed by atoms with E-state index in [1.807, 2.05) is 6.08 Å². The van der Waals surface area contributed by atoms with Crippen molar-refractivity contribution in [1.82, 2.24) is 15.6 Å². The number of benzene rings is 1. The van der Waals surface area contributed by atoms with Crippen LogP contribution >= 0.6 is 12.2 Å². The normalized spacial score (nSPS) is 19.4. The molecule has 1 amide bonds. The quantitative estimate of drug-likeness (QED) is 0.632. The number of rotatable bonds is 2. The zero-order chi connectivity index (χ0) is 17.4. The van der Waals surface area contributed by atoms with Crippen molar-refractivity contribution >= 4 is 46.0 Å². The van der Waals surface area contributed by atoms with Crippen LogP contribution in [-0.2, 0) is 9.53 Å². The third kappa shape index (κ3) is 3.20. The molecule has 0 spiro atoms. The Morgan fingerprint density at radius 2 is 2.04 bits per heavy atom. The molecule has 1 aromatic carbocycles. The Morgan fingerprint density at radius 1 is 1.24 bits per heavy atom. The maximum atomic E-state index is 12.0. The molecule has 128 valence electrons. The maximum absolute atomic E-state index is 12.0. The number of aromatic nitrogens is 1. The van der Waals surface area contributed by atoms with Gasteiger partial charge in [0, 0.05) is 24.0 Å². The Morgan fingerprint density at radius 3 is 2.76 bits per heavy atom. The molecule has 2 N–H and O–H groups in total. The van der Waals surface area contributed by atoms with Gasteiger partial charge in [0.25, 0.3) is 5.91 Å². The van der Waals surface area contributed by atoms with Gasteiger partial charge in [-0.2, -0.15) is 0 Å². The van der Waals surface area contributed by atoms with Gasteiger partial charge < -0.3 is 15.0 Å². The molecule has 1 aromatic heterocycles. The number of fused-ring (bicyclic) bond motifs is 1. The van der Waals surface area contributed by atoms with E-state index in [0.717, 1.165) is 35.4 Å². The minimum atomic E-state index is -0.220. The van der Waals surface area contributed by atoms with Crippen LogP contribution in [-0.4, -0.2) is 42.3 Å². The standard InChI is InChI=1S/C18H18N4O2S/c1-11-2-3-12-9-13(10-15-17(23)21-18(25)20-15)16(19-14(12)8-11)22-4-6-24-7-5-22/h2-3,8-10H,4-7H2,1H3,(H2,20,21,23,25)/b15-10-. The number of carbonyl (C=O) groups excluding carboxylic acids is 1. The SMILES string of the molecule is Cc1ccc2cc(/C=C3\NC(=S)NC3=O)c(N3CCOCC3)nc2c1. The summed E-state index contributed by atoms with van der Waals surface area (Å²) in [7, 11) is 0. The van der Waals surface area contributed by atoms with Crippen LogP contribution in [0, 0.1) is 6.92 Å². The first-order valence-corrected chi connectivity index (χ1v) is 8.59. The van der Waals surface area contributed by atoms with Crippen molar-refractivity contribution < 1.29 is 9.53 Å². The maximum Gasteiger partial charge on any atom is 0.273 e. The number of thiocarbonyl (C=S) groups is 1. The molecule has 2 aromatic rings. The number of morpholine rings is 1. The average molecular weight is 354 g/mol. The number of amides is 1. The predicted octanol–water partition coefficient (Wildman–Crippen LogP) is 1.73. The molecule has 3 heterocycles. The number of hydrogen-bond donors (Lipinski definition) is 2. The molecule has 0 saturated carbocycles. The van der Waals surface area contributed by atoms with Gasteiger partial charge in [-0.15, -0.1) is 0 Å². The average Bonchev–Trinajstić information content (AvgIpc) is 2.92. The number of nitrogens with zero attached hydrogens (tertiary/aromatic N) is 2. The summed E-state index contributed by atoms with van der Waals surface area (Å²) in [6.07, 6.45) is 1.81. The molecule has 6 nitrogen and oxygen atoms in total. The molecule has 4 rings (SSSR count). The van der Waals surface area contributed by atoms with Gasteiger partial charge >= 0.3 is 0 Å². The van der Waals surface area contributed by atoms with E-state index in [4.69, 9.17) is 21.9 Å². The Balaban J connectivity index is 1.85. The lowest BCUT2D eigenvalue weighted by Crippen LogP contribution is -2.37. The highest BCUT2D eigenvalue weighted by molar-refractivity contribution is 7.80. The molecule has 2 aliphatic heterocycles. The summed E-state index contributed by atoms with van der Waals surface area (Å²) in [5, 5.41) is 6.85. The highest BCUT2D eigenvalue weighted by atomic mass is 32.1. The largest absolute Gasteiger partial charge is 0.378 e. The fraction of sp³-hybridized carbons (Fsp3) is 0.278. The lowest BCUT2D eigenvalue weighted by molar-refractivity contribution is -0.115. The molecule has 0 unspecified atom stereocenters. The number of pyridine rings is 1. The molecule has 2 aliphatic rings. The molecule has 0 bridgehead atoms. The van der Waals surface area contributed by atoms with Crippen molar-refractivity contribution in [2.45, 2.75) is 6.92 Å². The smallest absolute Gasteiger partial charge is 0.273 e. The number of hydrogen-bond acceptors (Lipinski definition) is 5. The molecule has 0 radical (unpaired) electrons. The van der Waals surface area contributed by atoms with Crippen LogP contribution in [0.4, 0.5) is 5.82 Å². The molecule has 7 heteroatoms. The monoisotopic (exact) mass is 354 g/mol. The van der Waals surface area contributed by atoms with Crippen molar-refractivity contribution in [3.8, 4) is 0 Å². The van der Waals surface area contributed by atoms with Gasteiger partial charge in [-0.05, 0) is 42.9 Å². The fourth-order valence-electron chi connectivity index (χ4n) is 3.06. The van der Waals surface area contributed by atoms with Gasteiger partial charge in [-0.1, -0.05) is 12.1 Å². The van der Waals surface area contributed by atoms with Crippen LogP contribution < -0.4 is 15.5 Å². The second-order valence-corrected chi connectivity index (χ2v) is 6.57. The second kappa shape index (κ2) is 6.42. The third-order valence-corrected chi connectivity index (χ3v) is 4.52. The van der Waals surface area contributed by atoms with Crippen molar-refractivity contribution in [3.63, 3.8) is 0 Å². The van der Waals surface area contributed by atoms with Crippen LogP contribution in [0.5, 0.6) is 0 Å². The first kappa shape index (κ1) is 16.0. The second-order valence-electron chi connectivity index (χ2n) is 6.16. The van der Waals surface area contributed by atoms with E-state index < -0.39 is 0 Å². The number of carbonyl (C=O) groups is 1. The molecule has 2 saturated heterocycles. The zero-order valence-electron chi connectivity index (χ0n) is 13.8. The summed E-state index contributed by atoms with van der Waals surface area (Å²) < 4.78 is 5.45. The van der Waals surface area contributed by atoms with Crippen LogP contribution in [0.3, 0.4) is 0 Å². The van der Waals surface area contributed by atoms with Crippen molar-refractivity contribution in [2.24, 2.45) is 0 Å². The van der Waals surface area contributed by atoms with Gasteiger partial charge in [-0.25, -0.2) is 4.98 Å². The van der Waals surface area contributed by atoms with Crippen molar-refractivity contribution in [2.75, 3.05) is 31.2 Å². The van der Waals surface area contributed by atoms with Gasteiger partial charge in [0.2, 0.25) is 0 Å². The molecule has 2 fully saturated rings. The van der Waals surface area contributed by atoms with Crippen molar-refractivity contribution in [3.05, 3.63) is 41.1 Å². The van der Waals surface area contributed by atoms with E-state index in [1.54, 1.807) is 0 Å². The number of nitrogens with one attached hydrogen (secondary N) is 2. The van der Waals surface area contributed by atoms with E-state index in [0.29, 0.717) is 24.0 Å². The van der Waals surface area contributed by atoms with Gasteiger partial charge in [0.1, 0.15) is 11.5 Å². The zero-order valence-corrected chi connectivity index (χ0v) is 14.7. The van der Waals surface area contributed by atoms with E-state index in [2.05, 4.69) is 46.7 Å². The van der Waals surface area contributed by atoms with E-state index in [9.17, 15) is 4.79 Å². The summed E-state index contributed by atoms with van der Waals surface area (Å²) in [4.78, 5) is 19.1. The summed E-state index contributed by atoms with van der Waals surface area (Å²) in [6, 6.07) is 8.25. The number of anilines is 1. The Bertz CT molecular complexity index is 903. The minimum absolute atomic E-state index is 0.220. The topological polar surface area (TPSA) is 66.5 Å². The molecule has 0 aliphatic carbocycles. The first-order valence-electron chi connectivity index (χ1n) is 8.18. The van der Waals surface area contributed by atoms with E-state index in [-0.39, 0.29) is 5.91 Å². The Kier molecular flexibility index (Phi) is 4.10. The summed E-state index contributed by atoms with van der Waals surface area (Å²) in [6.45, 7) is 4.95. The summed E-state index contributed by atoms with van der Waals surface area (Å²) >= 11 is 5.01. The number of ether oxygens (including phenoxy) is 1. The highest BCUT2D eigenvalue weighted by Crippen LogP contribution is 2.27. The lowest BCUT2D eigenvalue weighted by Gasteiger charge is -2.29. The van der Waals surface area contributed by atoms with Crippen LogP contribution in [0.15, 0.2) is 30.0 Å². The fourth-order valence-corrected chi connectivity index (χ4v) is 3.26. The Labute approximate surface area is 150 Å². The van der Waals surface area contributed by atoms with Gasteiger partial charge in [-0.3, -0.25) is 10.1 Å². The summed E-state index contributed by atoms with van der Waals surface area (Å²) in [5.41, 5.74) is 3.44. The number of aryl methyl sites for hydroxylation is 1. The predicted molar refractivity (Wildman–Crippen MR) is 101 cm³/mol. The molecular formula is C18H18N4O2S. The minimum Gasteiger partial charge on any atom is -0.378 e. The molecule has 0 atom stereocenters. The van der Waals surface area contributed by atoms with E-state index >= 15 is 0 Å².